The van der Waals surface area contributed by atoms with E-state index in [1.807, 2.05) is 0 Å². The van der Waals surface area contributed by atoms with Crippen molar-refractivity contribution in [1.82, 2.24) is 15.3 Å². The highest BCUT2D eigenvalue weighted by atomic mass is 35.5. The van der Waals surface area contributed by atoms with Gasteiger partial charge in [-0.2, -0.15) is 0 Å². The molecular formula is C18H17ClN4O3. The van der Waals surface area contributed by atoms with Crippen molar-refractivity contribution in [2.45, 2.75) is 13.5 Å². The van der Waals surface area contributed by atoms with Crippen LogP contribution in [-0.2, 0) is 6.54 Å². The zero-order valence-corrected chi connectivity index (χ0v) is 15.0. The van der Waals surface area contributed by atoms with Crippen LogP contribution in [0.1, 0.15) is 22.1 Å². The zero-order valence-electron chi connectivity index (χ0n) is 14.2. The number of furan rings is 1. The van der Waals surface area contributed by atoms with E-state index in [1.165, 1.54) is 0 Å². The quantitative estimate of drug-likeness (QED) is 0.685. The van der Waals surface area contributed by atoms with E-state index in [0.29, 0.717) is 33.9 Å². The largest absolute Gasteiger partial charge is 0.495 e. The summed E-state index contributed by atoms with van der Waals surface area (Å²) in [6.07, 6.45) is 1.55. The Morgan fingerprint density at radius 2 is 2.12 bits per heavy atom. The van der Waals surface area contributed by atoms with Crippen molar-refractivity contribution < 1.29 is 13.9 Å². The molecular weight excluding hydrogens is 356 g/mol. The number of carbonyl (C=O) groups excluding carboxylic acids is 1. The lowest BCUT2D eigenvalue weighted by atomic mass is 10.2. The van der Waals surface area contributed by atoms with Gasteiger partial charge in [-0.05, 0) is 37.3 Å². The van der Waals surface area contributed by atoms with Gasteiger partial charge in [-0.25, -0.2) is 9.97 Å². The van der Waals surface area contributed by atoms with E-state index in [-0.39, 0.29) is 18.1 Å². The fraction of sp³-hybridized carbons (Fsp3) is 0.167. The number of rotatable bonds is 6. The van der Waals surface area contributed by atoms with E-state index >= 15 is 0 Å². The highest BCUT2D eigenvalue weighted by Crippen LogP contribution is 2.30. The molecule has 7 nitrogen and oxygen atoms in total. The number of aryl methyl sites for hydroxylation is 1. The molecule has 1 amide bonds. The lowest BCUT2D eigenvalue weighted by Crippen LogP contribution is -2.24. The minimum absolute atomic E-state index is 0.243. The lowest BCUT2D eigenvalue weighted by molar-refractivity contribution is 0.0942. The molecule has 0 aliphatic heterocycles. The number of amides is 1. The summed E-state index contributed by atoms with van der Waals surface area (Å²) in [6.45, 7) is 1.99. The van der Waals surface area contributed by atoms with Crippen molar-refractivity contribution in [3.8, 4) is 5.75 Å². The van der Waals surface area contributed by atoms with Gasteiger partial charge >= 0.3 is 0 Å². The van der Waals surface area contributed by atoms with E-state index < -0.39 is 0 Å². The molecule has 0 radical (unpaired) electrons. The molecule has 0 spiro atoms. The van der Waals surface area contributed by atoms with Crippen molar-refractivity contribution in [1.29, 1.82) is 0 Å². The molecule has 8 heteroatoms. The third-order valence-electron chi connectivity index (χ3n) is 3.50. The number of anilines is 2. The van der Waals surface area contributed by atoms with Crippen molar-refractivity contribution >= 4 is 29.0 Å². The third-order valence-corrected chi connectivity index (χ3v) is 3.73. The predicted octanol–water partition coefficient (Wildman–Crippen LogP) is 3.71. The molecule has 0 saturated carbocycles. The SMILES string of the molecule is COc1ccc(Cl)cc1Nc1cc(C(=O)NCc2ccco2)nc(C)n1. The van der Waals surface area contributed by atoms with E-state index in [0.717, 1.165) is 0 Å². The molecule has 0 bridgehead atoms. The summed E-state index contributed by atoms with van der Waals surface area (Å²) < 4.78 is 10.5. The van der Waals surface area contributed by atoms with E-state index in [2.05, 4.69) is 20.6 Å². The van der Waals surface area contributed by atoms with Crippen LogP contribution in [-0.4, -0.2) is 23.0 Å². The number of methoxy groups -OCH3 is 1. The average molecular weight is 373 g/mol. The molecule has 2 N–H and O–H groups in total. The van der Waals surface area contributed by atoms with Crippen LogP contribution in [0.25, 0.3) is 0 Å². The normalized spacial score (nSPS) is 10.4. The molecule has 0 atom stereocenters. The smallest absolute Gasteiger partial charge is 0.270 e. The van der Waals surface area contributed by atoms with Gasteiger partial charge in [0, 0.05) is 11.1 Å². The monoisotopic (exact) mass is 372 g/mol. The molecule has 1 aromatic carbocycles. The number of hydrogen-bond acceptors (Lipinski definition) is 6. The second-order valence-electron chi connectivity index (χ2n) is 5.42. The number of benzene rings is 1. The lowest BCUT2D eigenvalue weighted by Gasteiger charge is -2.12. The first-order valence-corrected chi connectivity index (χ1v) is 8.20. The molecule has 3 rings (SSSR count). The number of nitrogens with zero attached hydrogens (tertiary/aromatic N) is 2. The Labute approximate surface area is 155 Å². The average Bonchev–Trinajstić information content (AvgIpc) is 3.13. The standard InChI is InChI=1S/C18H17ClN4O3/c1-11-21-15(18(24)20-10-13-4-3-7-26-13)9-17(22-11)23-14-8-12(19)5-6-16(14)25-2/h3-9H,10H2,1-2H3,(H,20,24)(H,21,22,23). The number of ether oxygens (including phenoxy) is 1. The maximum absolute atomic E-state index is 12.4. The summed E-state index contributed by atoms with van der Waals surface area (Å²) in [5, 5.41) is 6.42. The highest BCUT2D eigenvalue weighted by Gasteiger charge is 2.12. The van der Waals surface area contributed by atoms with Gasteiger partial charge in [-0.3, -0.25) is 4.79 Å². The van der Waals surface area contributed by atoms with Gasteiger partial charge in [0.15, 0.2) is 0 Å². The minimum Gasteiger partial charge on any atom is -0.495 e. The maximum Gasteiger partial charge on any atom is 0.270 e. The number of hydrogen-bond donors (Lipinski definition) is 2. The second-order valence-corrected chi connectivity index (χ2v) is 5.85. The van der Waals surface area contributed by atoms with Gasteiger partial charge in [-0.15, -0.1) is 0 Å². The van der Waals surface area contributed by atoms with Gasteiger partial charge in [0.05, 0.1) is 25.6 Å². The van der Waals surface area contributed by atoms with Crippen LogP contribution in [0, 0.1) is 6.92 Å². The summed E-state index contributed by atoms with van der Waals surface area (Å²) in [4.78, 5) is 20.8. The molecule has 0 aliphatic rings. The van der Waals surface area contributed by atoms with Crippen molar-refractivity contribution in [3.63, 3.8) is 0 Å². The number of aromatic nitrogens is 2. The zero-order chi connectivity index (χ0) is 18.5. The Balaban J connectivity index is 1.79. The topological polar surface area (TPSA) is 89.3 Å². The van der Waals surface area contributed by atoms with Crippen LogP contribution in [0.4, 0.5) is 11.5 Å². The van der Waals surface area contributed by atoms with E-state index in [1.54, 1.807) is 56.7 Å². The van der Waals surface area contributed by atoms with Gasteiger partial charge in [0.1, 0.15) is 28.8 Å². The second kappa shape index (κ2) is 7.88. The Hall–Kier alpha value is -3.06. The van der Waals surface area contributed by atoms with E-state index in [4.69, 9.17) is 20.8 Å². The van der Waals surface area contributed by atoms with Crippen molar-refractivity contribution in [2.24, 2.45) is 0 Å². The molecule has 0 unspecified atom stereocenters. The minimum atomic E-state index is -0.326. The van der Waals surface area contributed by atoms with Crippen molar-refractivity contribution in [3.05, 3.63) is 65.0 Å². The molecule has 2 heterocycles. The van der Waals surface area contributed by atoms with Crippen LogP contribution in [0.2, 0.25) is 5.02 Å². The Morgan fingerprint density at radius 3 is 2.85 bits per heavy atom. The van der Waals surface area contributed by atoms with Gasteiger partial charge in [-0.1, -0.05) is 11.6 Å². The summed E-state index contributed by atoms with van der Waals surface area (Å²) >= 11 is 6.04. The first-order chi connectivity index (χ1) is 12.5. The molecule has 26 heavy (non-hydrogen) atoms. The summed E-state index contributed by atoms with van der Waals surface area (Å²) in [7, 11) is 1.56. The van der Waals surface area contributed by atoms with Crippen LogP contribution in [0.5, 0.6) is 5.75 Å². The number of nitrogens with one attached hydrogen (secondary N) is 2. The van der Waals surface area contributed by atoms with Gasteiger partial charge in [0.2, 0.25) is 0 Å². The fourth-order valence-corrected chi connectivity index (χ4v) is 2.51. The first-order valence-electron chi connectivity index (χ1n) is 7.82. The maximum atomic E-state index is 12.4. The van der Waals surface area contributed by atoms with Crippen LogP contribution in [0.15, 0.2) is 47.1 Å². The summed E-state index contributed by atoms with van der Waals surface area (Å²) in [5.41, 5.74) is 0.882. The molecule has 0 fully saturated rings. The van der Waals surface area contributed by atoms with Crippen LogP contribution in [0.3, 0.4) is 0 Å². The van der Waals surface area contributed by atoms with Crippen LogP contribution >= 0.6 is 11.6 Å². The first kappa shape index (κ1) is 17.8. The third kappa shape index (κ3) is 4.31. The van der Waals surface area contributed by atoms with E-state index in [9.17, 15) is 4.79 Å². The molecule has 2 aromatic heterocycles. The van der Waals surface area contributed by atoms with Gasteiger partial charge < -0.3 is 19.8 Å². The van der Waals surface area contributed by atoms with Gasteiger partial charge in [0.25, 0.3) is 5.91 Å². The molecule has 3 aromatic rings. The predicted molar refractivity (Wildman–Crippen MR) is 97.9 cm³/mol. The number of carbonyl (C=O) groups is 1. The van der Waals surface area contributed by atoms with Crippen molar-refractivity contribution in [2.75, 3.05) is 12.4 Å². The number of halogens is 1. The van der Waals surface area contributed by atoms with Crippen LogP contribution < -0.4 is 15.4 Å². The molecule has 0 aliphatic carbocycles. The Morgan fingerprint density at radius 1 is 1.27 bits per heavy atom. The molecule has 134 valence electrons. The molecule has 0 saturated heterocycles. The summed E-state index contributed by atoms with van der Waals surface area (Å²) in [5.74, 6) is 1.86. The highest BCUT2D eigenvalue weighted by molar-refractivity contribution is 6.31. The fourth-order valence-electron chi connectivity index (χ4n) is 2.34. The summed E-state index contributed by atoms with van der Waals surface area (Å²) in [6, 6.07) is 10.3. The Bertz CT molecular complexity index is 913. The Kier molecular flexibility index (Phi) is 5.38.